The summed E-state index contributed by atoms with van der Waals surface area (Å²) in [5, 5.41) is 2.62. The highest BCUT2D eigenvalue weighted by Crippen LogP contribution is 2.20. The van der Waals surface area contributed by atoms with E-state index in [-0.39, 0.29) is 17.7 Å². The maximum Gasteiger partial charge on any atom is 0.245 e. The van der Waals surface area contributed by atoms with Crippen molar-refractivity contribution < 1.29 is 14.4 Å². The number of hydrogen-bond donors (Lipinski definition) is 1. The van der Waals surface area contributed by atoms with Crippen molar-refractivity contribution in [1.82, 2.24) is 15.1 Å². The van der Waals surface area contributed by atoms with E-state index >= 15 is 0 Å². The predicted molar refractivity (Wildman–Crippen MR) is 86.6 cm³/mol. The normalized spacial score (nSPS) is 18.7. The third kappa shape index (κ3) is 3.70. The number of benzene rings is 1. The largest absolute Gasteiger partial charge is 0.357 e. The molecule has 1 aromatic rings. The number of likely N-dealkylation sites (N-methyl/N-ethyl adjacent to an activating group) is 3. The van der Waals surface area contributed by atoms with Crippen LogP contribution in [0.5, 0.6) is 0 Å². The highest BCUT2D eigenvalue weighted by atomic mass is 16.2. The third-order valence-corrected chi connectivity index (χ3v) is 4.41. The van der Waals surface area contributed by atoms with Crippen molar-refractivity contribution in [2.75, 3.05) is 21.1 Å². The lowest BCUT2D eigenvalue weighted by Crippen LogP contribution is -2.53. The third-order valence-electron chi connectivity index (χ3n) is 4.41. The highest BCUT2D eigenvalue weighted by molar-refractivity contribution is 5.93. The Bertz CT molecular complexity index is 588. The molecule has 1 aromatic carbocycles. The van der Waals surface area contributed by atoms with Crippen molar-refractivity contribution in [2.45, 2.75) is 31.3 Å². The molecule has 0 saturated carbocycles. The second kappa shape index (κ2) is 7.26. The SMILES string of the molecule is CNC(=O)[C@H](Cc1ccccc1)N(C)C(=O)[C@@H]1CCC(=O)N1C. The average Bonchev–Trinajstić information content (AvgIpc) is 2.91. The molecule has 6 nitrogen and oxygen atoms in total. The van der Waals surface area contributed by atoms with Gasteiger partial charge in [-0.25, -0.2) is 0 Å². The molecule has 2 atom stereocenters. The Morgan fingerprint density at radius 3 is 2.52 bits per heavy atom. The van der Waals surface area contributed by atoms with E-state index in [1.54, 1.807) is 21.1 Å². The fraction of sp³-hybridized carbons (Fsp3) is 0.471. The molecule has 1 aliphatic heterocycles. The number of nitrogens with one attached hydrogen (secondary N) is 1. The molecule has 3 amide bonds. The zero-order valence-corrected chi connectivity index (χ0v) is 13.8. The Labute approximate surface area is 136 Å². The van der Waals surface area contributed by atoms with Gasteiger partial charge in [-0.1, -0.05) is 30.3 Å². The van der Waals surface area contributed by atoms with Crippen molar-refractivity contribution in [3.63, 3.8) is 0 Å². The second-order valence-corrected chi connectivity index (χ2v) is 5.83. The van der Waals surface area contributed by atoms with Crippen LogP contribution >= 0.6 is 0 Å². The van der Waals surface area contributed by atoms with Gasteiger partial charge in [0.15, 0.2) is 0 Å². The number of nitrogens with zero attached hydrogens (tertiary/aromatic N) is 2. The van der Waals surface area contributed by atoms with Gasteiger partial charge in [0.25, 0.3) is 0 Å². The van der Waals surface area contributed by atoms with Gasteiger partial charge in [-0.2, -0.15) is 0 Å². The van der Waals surface area contributed by atoms with Crippen LogP contribution in [-0.4, -0.2) is 60.7 Å². The first kappa shape index (κ1) is 17.0. The Kier molecular flexibility index (Phi) is 5.36. The summed E-state index contributed by atoms with van der Waals surface area (Å²) in [6.45, 7) is 0. The molecule has 1 N–H and O–H groups in total. The van der Waals surface area contributed by atoms with Crippen molar-refractivity contribution >= 4 is 17.7 Å². The molecule has 0 spiro atoms. The number of carbonyl (C=O) groups excluding carboxylic acids is 3. The lowest BCUT2D eigenvalue weighted by atomic mass is 10.0. The van der Waals surface area contributed by atoms with Crippen LogP contribution in [0.1, 0.15) is 18.4 Å². The molecule has 0 aromatic heterocycles. The monoisotopic (exact) mass is 317 g/mol. The fourth-order valence-electron chi connectivity index (χ4n) is 2.89. The molecule has 124 valence electrons. The van der Waals surface area contributed by atoms with Gasteiger partial charge in [0.1, 0.15) is 12.1 Å². The van der Waals surface area contributed by atoms with Crippen molar-refractivity contribution in [1.29, 1.82) is 0 Å². The fourth-order valence-corrected chi connectivity index (χ4v) is 2.89. The van der Waals surface area contributed by atoms with Crippen molar-refractivity contribution in [3.8, 4) is 0 Å². The standard InChI is InChI=1S/C17H23N3O3/c1-18-16(22)14(11-12-7-5-4-6-8-12)20(3)17(23)13-9-10-15(21)19(13)2/h4-8,13-14H,9-11H2,1-3H3,(H,18,22)/t13-,14-/m0/s1. The lowest BCUT2D eigenvalue weighted by Gasteiger charge is -2.31. The summed E-state index contributed by atoms with van der Waals surface area (Å²) in [4.78, 5) is 39.5. The van der Waals surface area contributed by atoms with E-state index in [0.717, 1.165) is 5.56 Å². The molecule has 0 bridgehead atoms. The van der Waals surface area contributed by atoms with Crippen LogP contribution < -0.4 is 5.32 Å². The van der Waals surface area contributed by atoms with Crippen LogP contribution in [0.3, 0.4) is 0 Å². The molecule has 0 aliphatic carbocycles. The summed E-state index contributed by atoms with van der Waals surface area (Å²) in [7, 11) is 4.82. The van der Waals surface area contributed by atoms with Crippen LogP contribution in [0.2, 0.25) is 0 Å². The van der Waals surface area contributed by atoms with E-state index < -0.39 is 12.1 Å². The van der Waals surface area contributed by atoms with E-state index in [0.29, 0.717) is 19.3 Å². The summed E-state index contributed by atoms with van der Waals surface area (Å²) in [5.74, 6) is -0.434. The summed E-state index contributed by atoms with van der Waals surface area (Å²) in [6.07, 6.45) is 1.32. The summed E-state index contributed by atoms with van der Waals surface area (Å²) in [6, 6.07) is 8.50. The first-order valence-electron chi connectivity index (χ1n) is 7.73. The molecule has 1 aliphatic rings. The first-order chi connectivity index (χ1) is 11.0. The van der Waals surface area contributed by atoms with Gasteiger partial charge in [-0.05, 0) is 12.0 Å². The first-order valence-corrected chi connectivity index (χ1v) is 7.73. The highest BCUT2D eigenvalue weighted by Gasteiger charge is 2.38. The van der Waals surface area contributed by atoms with Crippen LogP contribution in [0, 0.1) is 0 Å². The quantitative estimate of drug-likeness (QED) is 0.856. The topological polar surface area (TPSA) is 69.7 Å². The van der Waals surface area contributed by atoms with E-state index in [4.69, 9.17) is 0 Å². The van der Waals surface area contributed by atoms with E-state index in [1.807, 2.05) is 30.3 Å². The van der Waals surface area contributed by atoms with Gasteiger partial charge in [0.05, 0.1) is 0 Å². The number of carbonyl (C=O) groups is 3. The average molecular weight is 317 g/mol. The zero-order valence-electron chi connectivity index (χ0n) is 13.8. The molecule has 0 unspecified atom stereocenters. The van der Waals surface area contributed by atoms with Crippen LogP contribution in [0.15, 0.2) is 30.3 Å². The molecule has 23 heavy (non-hydrogen) atoms. The van der Waals surface area contributed by atoms with E-state index in [2.05, 4.69) is 5.32 Å². The summed E-state index contributed by atoms with van der Waals surface area (Å²) < 4.78 is 0. The van der Waals surface area contributed by atoms with Crippen LogP contribution in [0.25, 0.3) is 0 Å². The van der Waals surface area contributed by atoms with Crippen molar-refractivity contribution in [2.24, 2.45) is 0 Å². The summed E-state index contributed by atoms with van der Waals surface area (Å²) in [5.41, 5.74) is 0.983. The molecular weight excluding hydrogens is 294 g/mol. The number of rotatable bonds is 5. The van der Waals surface area contributed by atoms with Gasteiger partial charge in [0.2, 0.25) is 17.7 Å². The Morgan fingerprint density at radius 1 is 1.35 bits per heavy atom. The molecule has 2 rings (SSSR count). The lowest BCUT2D eigenvalue weighted by molar-refractivity contribution is -0.144. The molecule has 0 radical (unpaired) electrons. The van der Waals surface area contributed by atoms with Crippen molar-refractivity contribution in [3.05, 3.63) is 35.9 Å². The zero-order chi connectivity index (χ0) is 17.0. The molecule has 6 heteroatoms. The number of hydrogen-bond acceptors (Lipinski definition) is 3. The van der Waals surface area contributed by atoms with Gasteiger partial charge in [-0.3, -0.25) is 14.4 Å². The van der Waals surface area contributed by atoms with Gasteiger partial charge < -0.3 is 15.1 Å². The number of likely N-dealkylation sites (tertiary alicyclic amines) is 1. The van der Waals surface area contributed by atoms with Gasteiger partial charge >= 0.3 is 0 Å². The number of amides is 3. The van der Waals surface area contributed by atoms with E-state index in [1.165, 1.54) is 9.80 Å². The predicted octanol–water partition coefficient (Wildman–Crippen LogP) is 0.423. The Balaban J connectivity index is 2.16. The maximum atomic E-state index is 12.7. The van der Waals surface area contributed by atoms with Crippen LogP contribution in [0.4, 0.5) is 0 Å². The molecule has 1 saturated heterocycles. The van der Waals surface area contributed by atoms with Gasteiger partial charge in [-0.15, -0.1) is 0 Å². The summed E-state index contributed by atoms with van der Waals surface area (Å²) >= 11 is 0. The van der Waals surface area contributed by atoms with Crippen LogP contribution in [-0.2, 0) is 20.8 Å². The molecule has 1 heterocycles. The minimum absolute atomic E-state index is 0.0312. The maximum absolute atomic E-state index is 12.7. The minimum Gasteiger partial charge on any atom is -0.357 e. The Hall–Kier alpha value is -2.37. The molecule has 1 fully saturated rings. The Morgan fingerprint density at radius 2 is 2.00 bits per heavy atom. The molecular formula is C17H23N3O3. The second-order valence-electron chi connectivity index (χ2n) is 5.83. The van der Waals surface area contributed by atoms with Gasteiger partial charge in [0, 0.05) is 34.0 Å². The minimum atomic E-state index is -0.598. The van der Waals surface area contributed by atoms with E-state index in [9.17, 15) is 14.4 Å². The smallest absolute Gasteiger partial charge is 0.245 e.